The number of aromatic nitrogens is 1. The third kappa shape index (κ3) is 4.51. The van der Waals surface area contributed by atoms with Crippen LogP contribution in [0.15, 0.2) is 52.2 Å². The molecule has 170 valence electrons. The van der Waals surface area contributed by atoms with Crippen LogP contribution in [0.3, 0.4) is 0 Å². The number of nitrogens with zero attached hydrogens (tertiary/aromatic N) is 2. The molecule has 1 aliphatic heterocycles. The number of piperidine rings is 1. The fraction of sp³-hybridized carbons (Fsp3) is 0.391. The number of benzene rings is 2. The monoisotopic (exact) mass is 473 g/mol. The highest BCUT2D eigenvalue weighted by Crippen LogP contribution is 2.27. The van der Waals surface area contributed by atoms with Gasteiger partial charge >= 0.3 is 4.87 Å². The van der Waals surface area contributed by atoms with Crippen LogP contribution in [0.2, 0.25) is 0 Å². The lowest BCUT2D eigenvalue weighted by Gasteiger charge is -2.30. The Kier molecular flexibility index (Phi) is 6.50. The highest BCUT2D eigenvalue weighted by atomic mass is 32.2. The molecule has 0 saturated carbocycles. The Morgan fingerprint density at radius 2 is 1.81 bits per heavy atom. The summed E-state index contributed by atoms with van der Waals surface area (Å²) in [6.45, 7) is 5.52. The van der Waals surface area contributed by atoms with Crippen molar-refractivity contribution >= 4 is 37.5 Å². The molecule has 3 aromatic rings. The summed E-state index contributed by atoms with van der Waals surface area (Å²) in [6.07, 6.45) is 0.974. The minimum Gasteiger partial charge on any atom is -0.352 e. The van der Waals surface area contributed by atoms with Gasteiger partial charge in [0.05, 0.1) is 15.1 Å². The van der Waals surface area contributed by atoms with Gasteiger partial charge in [0.1, 0.15) is 0 Å². The molecule has 1 fully saturated rings. The van der Waals surface area contributed by atoms with Crippen LogP contribution in [-0.2, 0) is 27.9 Å². The van der Waals surface area contributed by atoms with E-state index in [0.29, 0.717) is 43.7 Å². The van der Waals surface area contributed by atoms with E-state index < -0.39 is 10.0 Å². The van der Waals surface area contributed by atoms with E-state index in [9.17, 15) is 18.0 Å². The van der Waals surface area contributed by atoms with Crippen LogP contribution in [0.1, 0.15) is 30.9 Å². The number of carbonyl (C=O) groups is 1. The summed E-state index contributed by atoms with van der Waals surface area (Å²) in [7, 11) is -3.68. The third-order valence-electron chi connectivity index (χ3n) is 6.01. The summed E-state index contributed by atoms with van der Waals surface area (Å²) in [5, 5.41) is 2.97. The molecule has 1 aliphatic rings. The molecule has 0 radical (unpaired) electrons. The highest BCUT2D eigenvalue weighted by Gasteiger charge is 2.32. The summed E-state index contributed by atoms with van der Waals surface area (Å²) < 4.78 is 30.1. The molecule has 0 spiro atoms. The second-order valence-corrected chi connectivity index (χ2v) is 11.1. The number of hydrogen-bond acceptors (Lipinski definition) is 5. The SMILES string of the molecule is CCn1c(=O)sc2cc(S(=O)(=O)N3CCC(C(=O)NCc4ccc(C)cc4)CC3)ccc21. The molecule has 1 saturated heterocycles. The molecular formula is C23H27N3O4S2. The number of fused-ring (bicyclic) bond motifs is 1. The quantitative estimate of drug-likeness (QED) is 0.596. The summed E-state index contributed by atoms with van der Waals surface area (Å²) in [4.78, 5) is 24.7. The number of thiazole rings is 1. The molecule has 2 heterocycles. The van der Waals surface area contributed by atoms with Gasteiger partial charge in [0.2, 0.25) is 15.9 Å². The standard InChI is InChI=1S/C23H27N3O4S2/c1-3-26-20-9-8-19(14-21(20)31-23(26)28)32(29,30)25-12-10-18(11-13-25)22(27)24-15-17-6-4-16(2)5-7-17/h4-9,14,18H,3,10-13,15H2,1-2H3,(H,24,27). The van der Waals surface area contributed by atoms with Crippen LogP contribution >= 0.6 is 11.3 Å². The van der Waals surface area contributed by atoms with E-state index in [-0.39, 0.29) is 21.6 Å². The number of hydrogen-bond donors (Lipinski definition) is 1. The number of sulfonamides is 1. The third-order valence-corrected chi connectivity index (χ3v) is 8.84. The van der Waals surface area contributed by atoms with Crippen LogP contribution in [-0.4, -0.2) is 36.3 Å². The van der Waals surface area contributed by atoms with E-state index in [1.807, 2.05) is 38.1 Å². The molecule has 9 heteroatoms. The Bertz CT molecular complexity index is 1290. The largest absolute Gasteiger partial charge is 0.352 e. The first-order valence-corrected chi connectivity index (χ1v) is 13.0. The Hall–Kier alpha value is -2.49. The van der Waals surface area contributed by atoms with Crippen molar-refractivity contribution in [3.8, 4) is 0 Å². The van der Waals surface area contributed by atoms with E-state index >= 15 is 0 Å². The Morgan fingerprint density at radius 1 is 1.12 bits per heavy atom. The summed E-state index contributed by atoms with van der Waals surface area (Å²) >= 11 is 1.06. The first-order chi connectivity index (χ1) is 15.3. The van der Waals surface area contributed by atoms with Gasteiger partial charge in [-0.1, -0.05) is 41.2 Å². The molecule has 1 aromatic heterocycles. The van der Waals surface area contributed by atoms with Gasteiger partial charge in [-0.3, -0.25) is 14.2 Å². The first kappa shape index (κ1) is 22.7. The summed E-state index contributed by atoms with van der Waals surface area (Å²) in [5.41, 5.74) is 2.97. The van der Waals surface area contributed by atoms with Crippen LogP contribution in [0.4, 0.5) is 0 Å². The number of aryl methyl sites for hydroxylation is 2. The molecule has 4 rings (SSSR count). The van der Waals surface area contributed by atoms with Crippen molar-refractivity contribution in [2.24, 2.45) is 5.92 Å². The van der Waals surface area contributed by atoms with Gasteiger partial charge in [0.25, 0.3) is 0 Å². The minimum atomic E-state index is -3.68. The fourth-order valence-electron chi connectivity index (χ4n) is 4.05. The van der Waals surface area contributed by atoms with Crippen molar-refractivity contribution in [3.05, 3.63) is 63.3 Å². The number of nitrogens with one attached hydrogen (secondary N) is 1. The van der Waals surface area contributed by atoms with Crippen molar-refractivity contribution in [2.45, 2.75) is 44.7 Å². The molecule has 32 heavy (non-hydrogen) atoms. The number of amides is 1. The lowest BCUT2D eigenvalue weighted by molar-refractivity contribution is -0.126. The average molecular weight is 474 g/mol. The lowest BCUT2D eigenvalue weighted by Crippen LogP contribution is -2.42. The molecule has 7 nitrogen and oxygen atoms in total. The van der Waals surface area contributed by atoms with Gasteiger partial charge in [-0.2, -0.15) is 4.31 Å². The maximum atomic E-state index is 13.2. The van der Waals surface area contributed by atoms with Gasteiger partial charge in [-0.05, 0) is 50.5 Å². The van der Waals surface area contributed by atoms with Crippen molar-refractivity contribution in [1.82, 2.24) is 14.2 Å². The Labute approximate surface area is 191 Å². The minimum absolute atomic E-state index is 0.0327. The second kappa shape index (κ2) is 9.17. The zero-order chi connectivity index (χ0) is 22.9. The van der Waals surface area contributed by atoms with E-state index in [4.69, 9.17) is 0 Å². The number of carbonyl (C=O) groups excluding carboxylic acids is 1. The zero-order valence-corrected chi connectivity index (χ0v) is 19.8. The van der Waals surface area contributed by atoms with Crippen molar-refractivity contribution in [1.29, 1.82) is 0 Å². The first-order valence-electron chi connectivity index (χ1n) is 10.8. The molecule has 0 aliphatic carbocycles. The maximum Gasteiger partial charge on any atom is 0.308 e. The van der Waals surface area contributed by atoms with Crippen LogP contribution < -0.4 is 10.2 Å². The summed E-state index contributed by atoms with van der Waals surface area (Å²) in [5.74, 6) is -0.229. The van der Waals surface area contributed by atoms with Crippen molar-refractivity contribution < 1.29 is 13.2 Å². The van der Waals surface area contributed by atoms with E-state index in [1.54, 1.807) is 22.8 Å². The number of rotatable bonds is 6. The molecule has 0 atom stereocenters. The van der Waals surface area contributed by atoms with Gasteiger partial charge in [-0.15, -0.1) is 0 Å². The molecule has 0 bridgehead atoms. The predicted molar refractivity (Wildman–Crippen MR) is 126 cm³/mol. The predicted octanol–water partition coefficient (Wildman–Crippen LogP) is 3.11. The Balaban J connectivity index is 1.39. The van der Waals surface area contributed by atoms with Gasteiger partial charge in [0.15, 0.2) is 0 Å². The van der Waals surface area contributed by atoms with E-state index in [1.165, 1.54) is 9.87 Å². The van der Waals surface area contributed by atoms with Crippen LogP contribution in [0.5, 0.6) is 0 Å². The Morgan fingerprint density at radius 3 is 2.47 bits per heavy atom. The van der Waals surface area contributed by atoms with Crippen molar-refractivity contribution in [3.63, 3.8) is 0 Å². The van der Waals surface area contributed by atoms with E-state index in [0.717, 1.165) is 22.4 Å². The highest BCUT2D eigenvalue weighted by molar-refractivity contribution is 7.89. The molecule has 1 amide bonds. The van der Waals surface area contributed by atoms with Crippen LogP contribution in [0.25, 0.3) is 10.2 Å². The summed E-state index contributed by atoms with van der Waals surface area (Å²) in [6, 6.07) is 12.9. The fourth-order valence-corrected chi connectivity index (χ4v) is 6.62. The van der Waals surface area contributed by atoms with E-state index in [2.05, 4.69) is 5.32 Å². The lowest BCUT2D eigenvalue weighted by atomic mass is 9.97. The zero-order valence-electron chi connectivity index (χ0n) is 18.2. The molecule has 2 aromatic carbocycles. The molecular weight excluding hydrogens is 446 g/mol. The molecule has 1 N–H and O–H groups in total. The molecule has 0 unspecified atom stereocenters. The average Bonchev–Trinajstić information content (AvgIpc) is 3.12. The maximum absolute atomic E-state index is 13.2. The smallest absolute Gasteiger partial charge is 0.308 e. The van der Waals surface area contributed by atoms with Crippen molar-refractivity contribution in [2.75, 3.05) is 13.1 Å². The van der Waals surface area contributed by atoms with Gasteiger partial charge in [0, 0.05) is 32.1 Å². The van der Waals surface area contributed by atoms with Crippen LogP contribution in [0, 0.1) is 12.8 Å². The van der Waals surface area contributed by atoms with Gasteiger partial charge < -0.3 is 5.32 Å². The topological polar surface area (TPSA) is 88.5 Å². The normalized spacial score (nSPS) is 15.8. The van der Waals surface area contributed by atoms with Gasteiger partial charge in [-0.25, -0.2) is 8.42 Å². The second-order valence-electron chi connectivity index (χ2n) is 8.12.